The van der Waals surface area contributed by atoms with Crippen LogP contribution in [0.25, 0.3) is 28.0 Å². The number of fused-ring (bicyclic) bond motifs is 3. The first kappa shape index (κ1) is 19.2. The van der Waals surface area contributed by atoms with Gasteiger partial charge < -0.3 is 9.09 Å². The fourth-order valence-corrected chi connectivity index (χ4v) is 6.48. The number of para-hydroxylation sites is 1. The van der Waals surface area contributed by atoms with Gasteiger partial charge in [0.25, 0.3) is 5.89 Å². The Bertz CT molecular complexity index is 1420. The molecule has 2 aromatic carbocycles. The van der Waals surface area contributed by atoms with Crippen molar-refractivity contribution in [3.8, 4) is 11.4 Å². The summed E-state index contributed by atoms with van der Waals surface area (Å²) in [5.41, 5.74) is 5.85. The number of hydrogen-bond acceptors (Lipinski definition) is 4. The average Bonchev–Trinajstić information content (AvgIpc) is 3.47. The van der Waals surface area contributed by atoms with Gasteiger partial charge in [0.05, 0.1) is 11.6 Å². The lowest BCUT2D eigenvalue weighted by Gasteiger charge is -2.53. The largest absolute Gasteiger partial charge is 0.332 e. The van der Waals surface area contributed by atoms with Crippen LogP contribution in [0.4, 0.5) is 4.39 Å². The fraction of sp³-hybridized carbons (Fsp3) is 0.333. The normalized spacial score (nSPS) is 24.1. The molecule has 2 atom stereocenters. The van der Waals surface area contributed by atoms with Crippen molar-refractivity contribution in [3.63, 3.8) is 0 Å². The van der Waals surface area contributed by atoms with E-state index in [2.05, 4.69) is 51.9 Å². The Kier molecular flexibility index (Phi) is 4.01. The third kappa shape index (κ3) is 2.61. The molecule has 4 aromatic rings. The van der Waals surface area contributed by atoms with E-state index in [9.17, 15) is 4.39 Å². The van der Waals surface area contributed by atoms with Gasteiger partial charge >= 0.3 is 0 Å². The van der Waals surface area contributed by atoms with Gasteiger partial charge in [0, 0.05) is 28.6 Å². The van der Waals surface area contributed by atoms with Gasteiger partial charge in [-0.3, -0.25) is 4.90 Å². The summed E-state index contributed by atoms with van der Waals surface area (Å²) in [7, 11) is 0. The van der Waals surface area contributed by atoms with E-state index in [1.807, 2.05) is 0 Å². The molecule has 0 aliphatic carbocycles. The maximum Gasteiger partial charge on any atom is 0.274 e. The molecule has 166 valence electrons. The van der Waals surface area contributed by atoms with Crippen LogP contribution in [0.3, 0.4) is 0 Å². The molecule has 3 aliphatic heterocycles. The quantitative estimate of drug-likeness (QED) is 0.403. The molecule has 0 bridgehead atoms. The average molecular weight is 441 g/mol. The molecular formula is C27H25FN4O. The number of nitrogens with zero attached hydrogens (tertiary/aromatic N) is 4. The lowest BCUT2D eigenvalue weighted by Crippen LogP contribution is -2.50. The molecule has 0 radical (unpaired) electrons. The van der Waals surface area contributed by atoms with Crippen molar-refractivity contribution < 1.29 is 8.91 Å². The number of rotatable bonds is 3. The Morgan fingerprint density at radius 1 is 1.12 bits per heavy atom. The van der Waals surface area contributed by atoms with Gasteiger partial charge in [-0.05, 0) is 74.2 Å². The van der Waals surface area contributed by atoms with E-state index in [0.29, 0.717) is 17.8 Å². The maximum atomic E-state index is 13.4. The first-order valence-corrected chi connectivity index (χ1v) is 11.9. The van der Waals surface area contributed by atoms with E-state index < -0.39 is 0 Å². The molecule has 3 aliphatic rings. The molecule has 2 unspecified atom stereocenters. The summed E-state index contributed by atoms with van der Waals surface area (Å²) in [4.78, 5) is 7.48. The highest BCUT2D eigenvalue weighted by Crippen LogP contribution is 2.57. The highest BCUT2D eigenvalue weighted by molar-refractivity contribution is 5.91. The zero-order chi connectivity index (χ0) is 22.2. The molecule has 7 rings (SSSR count). The fourth-order valence-electron chi connectivity index (χ4n) is 6.48. The second-order valence-corrected chi connectivity index (χ2v) is 9.55. The minimum Gasteiger partial charge on any atom is -0.332 e. The Labute approximate surface area is 191 Å². The van der Waals surface area contributed by atoms with Gasteiger partial charge in [0.15, 0.2) is 0 Å². The molecule has 0 saturated carbocycles. The molecule has 2 aromatic heterocycles. The van der Waals surface area contributed by atoms with Gasteiger partial charge in [-0.15, -0.1) is 0 Å². The molecule has 6 heteroatoms. The molecular weight excluding hydrogens is 415 g/mol. The van der Waals surface area contributed by atoms with E-state index in [4.69, 9.17) is 9.51 Å². The smallest absolute Gasteiger partial charge is 0.274 e. The van der Waals surface area contributed by atoms with Crippen LogP contribution in [-0.4, -0.2) is 32.7 Å². The van der Waals surface area contributed by atoms with Crippen LogP contribution < -0.4 is 0 Å². The summed E-state index contributed by atoms with van der Waals surface area (Å²) in [6.45, 7) is 4.58. The van der Waals surface area contributed by atoms with Crippen LogP contribution in [0, 0.1) is 11.2 Å². The minimum atomic E-state index is -0.277. The summed E-state index contributed by atoms with van der Waals surface area (Å²) in [6.07, 6.45) is 6.91. The van der Waals surface area contributed by atoms with E-state index in [0.717, 1.165) is 43.6 Å². The van der Waals surface area contributed by atoms with Crippen LogP contribution in [-0.2, 0) is 6.42 Å². The number of aromatic nitrogens is 3. The third-order valence-corrected chi connectivity index (χ3v) is 8.00. The first-order chi connectivity index (χ1) is 16.2. The Morgan fingerprint density at radius 3 is 2.82 bits per heavy atom. The zero-order valence-corrected chi connectivity index (χ0v) is 18.6. The Morgan fingerprint density at radius 2 is 1.97 bits per heavy atom. The predicted octanol–water partition coefficient (Wildman–Crippen LogP) is 5.82. The second kappa shape index (κ2) is 6.87. The maximum absolute atomic E-state index is 13.4. The summed E-state index contributed by atoms with van der Waals surface area (Å²) in [5, 5.41) is 5.59. The van der Waals surface area contributed by atoms with Crippen LogP contribution in [0.2, 0.25) is 0 Å². The molecule has 0 amide bonds. The number of halogens is 1. The van der Waals surface area contributed by atoms with Crippen molar-refractivity contribution in [2.75, 3.05) is 13.1 Å². The summed E-state index contributed by atoms with van der Waals surface area (Å²) >= 11 is 0. The lowest BCUT2D eigenvalue weighted by atomic mass is 9.66. The Balaban J connectivity index is 1.47. The van der Waals surface area contributed by atoms with Gasteiger partial charge in [0.1, 0.15) is 11.5 Å². The summed E-state index contributed by atoms with van der Waals surface area (Å²) in [6, 6.07) is 15.3. The predicted molar refractivity (Wildman–Crippen MR) is 125 cm³/mol. The summed E-state index contributed by atoms with van der Waals surface area (Å²) in [5.74, 6) is 0.724. The van der Waals surface area contributed by atoms with E-state index in [-0.39, 0.29) is 11.2 Å². The van der Waals surface area contributed by atoms with Crippen LogP contribution in [0.5, 0.6) is 0 Å². The molecule has 5 nitrogen and oxygen atoms in total. The monoisotopic (exact) mass is 440 g/mol. The topological polar surface area (TPSA) is 47.1 Å². The number of benzene rings is 2. The van der Waals surface area contributed by atoms with Crippen molar-refractivity contribution in [1.82, 2.24) is 19.6 Å². The van der Waals surface area contributed by atoms with Gasteiger partial charge in [-0.2, -0.15) is 4.98 Å². The highest BCUT2D eigenvalue weighted by Gasteiger charge is 2.50. The van der Waals surface area contributed by atoms with E-state index >= 15 is 0 Å². The lowest BCUT2D eigenvalue weighted by molar-refractivity contribution is 0.0269. The standard InChI is InChI=1S/C27H25FN4O/c1-2-27-13-5-14-31-15-12-20-19-6-3-4-7-21(19)32(23(20)24(27)31)22(16-27)26-29-25(30-33-26)17-8-10-18(28)11-9-17/h3-4,6-11,16,24H,2,5,12-15H2,1H3. The van der Waals surface area contributed by atoms with Crippen molar-refractivity contribution in [2.45, 2.75) is 38.6 Å². The first-order valence-electron chi connectivity index (χ1n) is 11.9. The minimum absolute atomic E-state index is 0.0532. The highest BCUT2D eigenvalue weighted by atomic mass is 19.1. The van der Waals surface area contributed by atoms with Crippen molar-refractivity contribution in [3.05, 3.63) is 77.6 Å². The Hall–Kier alpha value is -3.25. The van der Waals surface area contributed by atoms with Crippen molar-refractivity contribution >= 4 is 16.6 Å². The van der Waals surface area contributed by atoms with Gasteiger partial charge in [-0.25, -0.2) is 4.39 Å². The van der Waals surface area contributed by atoms with Crippen molar-refractivity contribution in [1.29, 1.82) is 0 Å². The molecule has 33 heavy (non-hydrogen) atoms. The summed E-state index contributed by atoms with van der Waals surface area (Å²) < 4.78 is 21.6. The molecule has 0 N–H and O–H groups in total. The van der Waals surface area contributed by atoms with E-state index in [1.54, 1.807) is 12.1 Å². The molecule has 5 heterocycles. The zero-order valence-electron chi connectivity index (χ0n) is 18.6. The van der Waals surface area contributed by atoms with Crippen LogP contribution in [0.15, 0.2) is 59.1 Å². The van der Waals surface area contributed by atoms with Gasteiger partial charge in [-0.1, -0.05) is 30.3 Å². The van der Waals surface area contributed by atoms with Crippen molar-refractivity contribution in [2.24, 2.45) is 5.41 Å². The van der Waals surface area contributed by atoms with Crippen LogP contribution in [0.1, 0.15) is 49.4 Å². The SMILES string of the molecule is CCC12C=C(c3nc(-c4ccc(F)cc4)no3)n3c4c(c5ccccc53)CCN(CCC1)C42. The molecule has 1 saturated heterocycles. The van der Waals surface area contributed by atoms with Crippen LogP contribution >= 0.6 is 0 Å². The van der Waals surface area contributed by atoms with Gasteiger partial charge in [0.2, 0.25) is 5.82 Å². The molecule has 1 fully saturated rings. The number of hydrogen-bond donors (Lipinski definition) is 0. The molecule has 0 spiro atoms. The third-order valence-electron chi connectivity index (χ3n) is 8.00. The number of piperidine rings is 1. The second-order valence-electron chi connectivity index (χ2n) is 9.55. The van der Waals surface area contributed by atoms with E-state index in [1.165, 1.54) is 40.7 Å².